The molecule has 0 radical (unpaired) electrons. The van der Waals surface area contributed by atoms with E-state index < -0.39 is 0 Å². The Bertz CT molecular complexity index is 1450. The number of hydrogen-bond acceptors (Lipinski definition) is 3. The van der Waals surface area contributed by atoms with E-state index in [2.05, 4.69) is 66.4 Å². The predicted molar refractivity (Wildman–Crippen MR) is 142 cm³/mol. The highest BCUT2D eigenvalue weighted by atomic mass is 79.9. The minimum absolute atomic E-state index is 0.132. The molecule has 0 atom stereocenters. The third-order valence-electron chi connectivity index (χ3n) is 5.69. The van der Waals surface area contributed by atoms with Gasteiger partial charge in [-0.1, -0.05) is 75.7 Å². The summed E-state index contributed by atoms with van der Waals surface area (Å²) in [7, 11) is 0. The topological polar surface area (TPSA) is 52.2 Å². The van der Waals surface area contributed by atoms with Gasteiger partial charge in [-0.2, -0.15) is 9.78 Å². The maximum atomic E-state index is 13.5. The van der Waals surface area contributed by atoms with Crippen LogP contribution >= 0.6 is 15.9 Å². The summed E-state index contributed by atoms with van der Waals surface area (Å²) in [4.78, 5) is 18.3. The van der Waals surface area contributed by atoms with Gasteiger partial charge >= 0.3 is 0 Å². The number of fused-ring (bicyclic) bond motifs is 2. The normalized spacial score (nSPS) is 13.0. The molecule has 5 nitrogen and oxygen atoms in total. The summed E-state index contributed by atoms with van der Waals surface area (Å²) < 4.78 is 4.65. The number of para-hydroxylation sites is 1. The first-order chi connectivity index (χ1) is 15.4. The zero-order chi connectivity index (χ0) is 24.1. The third-order valence-corrected chi connectivity index (χ3v) is 6.19. The second kappa shape index (κ2) is 8.24. The molecule has 4 aromatic rings. The fraction of sp³-hybridized carbons (Fsp3) is 0.370. The molecule has 0 spiro atoms. The Morgan fingerprint density at radius 2 is 1.73 bits per heavy atom. The molecule has 6 heteroatoms. The van der Waals surface area contributed by atoms with E-state index in [1.165, 1.54) is 10.2 Å². The molecular formula is C27H31BrN4O. The molecule has 4 rings (SSSR count). The number of rotatable bonds is 3. The molecule has 0 aliphatic rings. The van der Waals surface area contributed by atoms with Crippen molar-refractivity contribution in [1.82, 2.24) is 14.2 Å². The minimum atomic E-state index is -0.354. The lowest BCUT2D eigenvalue weighted by atomic mass is 9.95. The van der Waals surface area contributed by atoms with Crippen LogP contribution in [0.5, 0.6) is 0 Å². The number of hydrogen-bond donors (Lipinski definition) is 0. The van der Waals surface area contributed by atoms with Crippen molar-refractivity contribution in [3.63, 3.8) is 0 Å². The fourth-order valence-corrected chi connectivity index (χ4v) is 4.52. The van der Waals surface area contributed by atoms with Crippen molar-refractivity contribution in [3.8, 4) is 0 Å². The van der Waals surface area contributed by atoms with Crippen molar-refractivity contribution in [3.05, 3.63) is 74.4 Å². The van der Waals surface area contributed by atoms with Crippen molar-refractivity contribution in [2.24, 2.45) is 10.5 Å². The SMILES string of the molecule is Cc1c(C=Nn2c(C(C)(C)C)nc3ccc(Br)cc3c2=O)c2ccccc2n1CC(C)(C)C. The Morgan fingerprint density at radius 1 is 1.03 bits per heavy atom. The van der Waals surface area contributed by atoms with Gasteiger partial charge in [0.25, 0.3) is 5.56 Å². The van der Waals surface area contributed by atoms with Crippen LogP contribution in [0.4, 0.5) is 0 Å². The number of halogens is 1. The lowest BCUT2D eigenvalue weighted by molar-refractivity contribution is 0.346. The van der Waals surface area contributed by atoms with Gasteiger partial charge in [-0.05, 0) is 36.6 Å². The zero-order valence-electron chi connectivity index (χ0n) is 20.4. The van der Waals surface area contributed by atoms with E-state index in [4.69, 9.17) is 10.1 Å². The predicted octanol–water partition coefficient (Wildman–Crippen LogP) is 6.65. The number of benzene rings is 2. The van der Waals surface area contributed by atoms with Crippen molar-refractivity contribution in [2.75, 3.05) is 0 Å². The largest absolute Gasteiger partial charge is 0.344 e. The fourth-order valence-electron chi connectivity index (χ4n) is 4.16. The zero-order valence-corrected chi connectivity index (χ0v) is 22.0. The van der Waals surface area contributed by atoms with Gasteiger partial charge in [0.2, 0.25) is 0 Å². The van der Waals surface area contributed by atoms with Gasteiger partial charge in [-0.15, -0.1) is 0 Å². The quantitative estimate of drug-likeness (QED) is 0.292. The van der Waals surface area contributed by atoms with Crippen LogP contribution in [0.15, 0.2) is 56.8 Å². The first-order valence-electron chi connectivity index (χ1n) is 11.2. The van der Waals surface area contributed by atoms with Crippen molar-refractivity contribution >= 4 is 44.0 Å². The number of nitrogens with zero attached hydrogens (tertiary/aromatic N) is 4. The minimum Gasteiger partial charge on any atom is -0.344 e. The van der Waals surface area contributed by atoms with Gasteiger partial charge in [0.1, 0.15) is 5.82 Å². The molecule has 0 aliphatic heterocycles. The molecule has 0 amide bonds. The molecule has 0 unspecified atom stereocenters. The molecule has 0 aliphatic carbocycles. The Hall–Kier alpha value is -2.73. The highest BCUT2D eigenvalue weighted by Gasteiger charge is 2.23. The van der Waals surface area contributed by atoms with Crippen molar-refractivity contribution < 1.29 is 0 Å². The van der Waals surface area contributed by atoms with Crippen LogP contribution in [0.3, 0.4) is 0 Å². The Balaban J connectivity index is 1.95. The summed E-state index contributed by atoms with van der Waals surface area (Å²) in [6, 6.07) is 14.0. The third kappa shape index (κ3) is 4.54. The van der Waals surface area contributed by atoms with Crippen LogP contribution in [-0.4, -0.2) is 20.4 Å². The van der Waals surface area contributed by atoms with Crippen LogP contribution in [0, 0.1) is 12.3 Å². The van der Waals surface area contributed by atoms with Crippen LogP contribution in [-0.2, 0) is 12.0 Å². The van der Waals surface area contributed by atoms with E-state index >= 15 is 0 Å². The van der Waals surface area contributed by atoms with Gasteiger partial charge in [0.05, 0.1) is 17.1 Å². The molecule has 2 aromatic carbocycles. The van der Waals surface area contributed by atoms with E-state index in [9.17, 15) is 4.79 Å². The van der Waals surface area contributed by atoms with E-state index in [1.54, 1.807) is 0 Å². The smallest absolute Gasteiger partial charge is 0.282 e. The van der Waals surface area contributed by atoms with Crippen LogP contribution in [0.1, 0.15) is 58.6 Å². The monoisotopic (exact) mass is 506 g/mol. The van der Waals surface area contributed by atoms with Crippen LogP contribution in [0.25, 0.3) is 21.8 Å². The summed E-state index contributed by atoms with van der Waals surface area (Å²) in [5.41, 5.74) is 3.62. The first-order valence-corrected chi connectivity index (χ1v) is 12.0. The van der Waals surface area contributed by atoms with Crippen molar-refractivity contribution in [2.45, 2.75) is 60.4 Å². The van der Waals surface area contributed by atoms with Gasteiger partial charge < -0.3 is 4.57 Å². The summed E-state index contributed by atoms with van der Waals surface area (Å²) in [6.45, 7) is 15.9. The Labute approximate surface area is 203 Å². The second-order valence-corrected chi connectivity index (χ2v) is 11.8. The first kappa shape index (κ1) is 23.4. The van der Waals surface area contributed by atoms with E-state index in [0.29, 0.717) is 16.7 Å². The molecule has 33 heavy (non-hydrogen) atoms. The second-order valence-electron chi connectivity index (χ2n) is 10.9. The van der Waals surface area contributed by atoms with Crippen molar-refractivity contribution in [1.29, 1.82) is 0 Å². The average Bonchev–Trinajstić information content (AvgIpc) is 2.97. The standard InChI is InChI=1S/C27H31BrN4O/c1-17-21(19-10-8-9-11-23(19)31(17)16-26(2,3)4)15-29-32-24(33)20-14-18(28)12-13-22(20)30-25(32)27(5,6)7/h8-15H,16H2,1-7H3. The number of aromatic nitrogens is 3. The maximum Gasteiger partial charge on any atom is 0.282 e. The molecule has 0 fully saturated rings. The molecule has 0 bridgehead atoms. The van der Waals surface area contributed by atoms with E-state index in [0.717, 1.165) is 27.7 Å². The highest BCUT2D eigenvalue weighted by Crippen LogP contribution is 2.29. The lowest BCUT2D eigenvalue weighted by Gasteiger charge is -2.21. The summed E-state index contributed by atoms with van der Waals surface area (Å²) in [5.74, 6) is 0.634. The van der Waals surface area contributed by atoms with E-state index in [-0.39, 0.29) is 16.4 Å². The molecule has 2 heterocycles. The highest BCUT2D eigenvalue weighted by molar-refractivity contribution is 9.10. The lowest BCUT2D eigenvalue weighted by Crippen LogP contribution is -2.29. The maximum absolute atomic E-state index is 13.5. The molecule has 0 saturated carbocycles. The molecular weight excluding hydrogens is 476 g/mol. The average molecular weight is 507 g/mol. The molecule has 0 N–H and O–H groups in total. The van der Waals surface area contributed by atoms with Gasteiger partial charge in [0, 0.05) is 38.6 Å². The van der Waals surface area contributed by atoms with Gasteiger partial charge in [0.15, 0.2) is 0 Å². The molecule has 2 aromatic heterocycles. The van der Waals surface area contributed by atoms with Gasteiger partial charge in [-0.25, -0.2) is 4.98 Å². The summed E-state index contributed by atoms with van der Waals surface area (Å²) in [5, 5.41) is 6.40. The van der Waals surface area contributed by atoms with E-state index in [1.807, 2.05) is 51.3 Å². The molecule has 0 saturated heterocycles. The van der Waals surface area contributed by atoms with Crippen LogP contribution < -0.4 is 5.56 Å². The van der Waals surface area contributed by atoms with Crippen LogP contribution in [0.2, 0.25) is 0 Å². The Kier molecular flexibility index (Phi) is 5.85. The summed E-state index contributed by atoms with van der Waals surface area (Å²) >= 11 is 3.47. The molecule has 172 valence electrons. The summed E-state index contributed by atoms with van der Waals surface area (Å²) in [6.07, 6.45) is 1.82. The van der Waals surface area contributed by atoms with Gasteiger partial charge in [-0.3, -0.25) is 4.79 Å². The Morgan fingerprint density at radius 3 is 2.39 bits per heavy atom.